The Balaban J connectivity index is 1.87. The second kappa shape index (κ2) is 9.33. The Morgan fingerprint density at radius 3 is 2.47 bits per heavy atom. The van der Waals surface area contributed by atoms with E-state index in [1.165, 1.54) is 29.6 Å². The van der Waals surface area contributed by atoms with Gasteiger partial charge in [-0.2, -0.15) is 13.2 Å². The van der Waals surface area contributed by atoms with Crippen LogP contribution >= 0.6 is 27.3 Å². The number of halogens is 4. The van der Waals surface area contributed by atoms with Crippen molar-refractivity contribution in [2.45, 2.75) is 19.1 Å². The molecule has 2 amide bonds. The molecule has 1 aromatic carbocycles. The largest absolute Gasteiger partial charge is 0.416 e. The second-order valence-electron chi connectivity index (χ2n) is 6.94. The van der Waals surface area contributed by atoms with Gasteiger partial charge < -0.3 is 10.2 Å². The van der Waals surface area contributed by atoms with Crippen molar-refractivity contribution in [3.63, 3.8) is 0 Å². The lowest BCUT2D eigenvalue weighted by Gasteiger charge is -2.16. The average Bonchev–Trinajstić information content (AvgIpc) is 3.22. The van der Waals surface area contributed by atoms with Gasteiger partial charge in [-0.15, -0.1) is 11.3 Å². The number of nitrogens with one attached hydrogen (secondary N) is 1. The molecule has 3 rings (SSSR count). The number of thiazole rings is 1. The molecule has 0 fully saturated rings. The summed E-state index contributed by atoms with van der Waals surface area (Å²) in [4.78, 5) is 39.4. The first kappa shape index (κ1) is 23.8. The minimum absolute atomic E-state index is 0.131. The number of hydrogen-bond donors (Lipinski definition) is 1. The zero-order valence-electron chi connectivity index (χ0n) is 17.1. The third kappa shape index (κ3) is 5.30. The van der Waals surface area contributed by atoms with E-state index in [-0.39, 0.29) is 15.9 Å². The molecule has 2 aromatic heterocycles. The van der Waals surface area contributed by atoms with Gasteiger partial charge in [0.2, 0.25) is 0 Å². The van der Waals surface area contributed by atoms with Gasteiger partial charge in [0.15, 0.2) is 0 Å². The molecule has 0 radical (unpaired) electrons. The number of nitrogens with zero attached hydrogens (tertiary/aromatic N) is 4. The highest BCUT2D eigenvalue weighted by Gasteiger charge is 2.32. The lowest BCUT2D eigenvalue weighted by atomic mass is 10.1. The summed E-state index contributed by atoms with van der Waals surface area (Å²) in [7, 11) is 3.25. The van der Waals surface area contributed by atoms with E-state index < -0.39 is 23.7 Å². The molecule has 1 atom stereocenters. The van der Waals surface area contributed by atoms with Crippen LogP contribution in [0.25, 0.3) is 10.7 Å². The molecule has 32 heavy (non-hydrogen) atoms. The van der Waals surface area contributed by atoms with Crippen LogP contribution in [-0.4, -0.2) is 45.8 Å². The fourth-order valence-corrected chi connectivity index (χ4v) is 4.20. The van der Waals surface area contributed by atoms with Crippen molar-refractivity contribution in [1.82, 2.24) is 25.2 Å². The number of aromatic nitrogens is 3. The third-order valence-corrected chi connectivity index (χ3v) is 5.75. The van der Waals surface area contributed by atoms with E-state index in [0.29, 0.717) is 21.3 Å². The van der Waals surface area contributed by atoms with E-state index in [2.05, 4.69) is 36.2 Å². The summed E-state index contributed by atoms with van der Waals surface area (Å²) in [5, 5.41) is 3.08. The van der Waals surface area contributed by atoms with E-state index in [4.69, 9.17) is 0 Å². The zero-order chi connectivity index (χ0) is 23.6. The van der Waals surface area contributed by atoms with Gasteiger partial charge in [0, 0.05) is 36.5 Å². The summed E-state index contributed by atoms with van der Waals surface area (Å²) < 4.78 is 39.4. The standard InChI is InChI=1S/C20H17BrF3N5O2S/c1-10(28-17(30)11-6-12(20(22,23)24)8-13(21)7-11)15-16(26-5-4-25-15)18-27-9-14(32-18)19(31)29(2)3/h4-10H,1-3H3,(H,28,30). The first-order chi connectivity index (χ1) is 15.0. The van der Waals surface area contributed by atoms with Gasteiger partial charge in [-0.1, -0.05) is 15.9 Å². The molecule has 1 unspecified atom stereocenters. The molecule has 3 aromatic rings. The van der Waals surface area contributed by atoms with E-state index in [1.807, 2.05) is 0 Å². The SMILES string of the molecule is CC(NC(=O)c1cc(Br)cc(C(F)(F)F)c1)c1nccnc1-c1ncc(C(=O)N(C)C)s1. The van der Waals surface area contributed by atoms with Crippen LogP contribution in [-0.2, 0) is 6.18 Å². The predicted octanol–water partition coefficient (Wildman–Crippen LogP) is 4.57. The first-order valence-corrected chi connectivity index (χ1v) is 10.8. The third-order valence-electron chi connectivity index (χ3n) is 4.30. The lowest BCUT2D eigenvalue weighted by molar-refractivity contribution is -0.137. The summed E-state index contributed by atoms with van der Waals surface area (Å²) in [6.45, 7) is 1.63. The van der Waals surface area contributed by atoms with Gasteiger partial charge in [-0.05, 0) is 25.1 Å². The normalized spacial score (nSPS) is 12.3. The fourth-order valence-electron chi connectivity index (χ4n) is 2.77. The molecule has 7 nitrogen and oxygen atoms in total. The summed E-state index contributed by atoms with van der Waals surface area (Å²) in [5.41, 5.74) is -0.360. The molecule has 0 spiro atoms. The lowest BCUT2D eigenvalue weighted by Crippen LogP contribution is -2.28. The number of benzene rings is 1. The molecule has 0 saturated carbocycles. The molecular weight excluding hydrogens is 511 g/mol. The number of rotatable bonds is 5. The molecular formula is C20H17BrF3N5O2S. The highest BCUT2D eigenvalue weighted by molar-refractivity contribution is 9.10. The van der Waals surface area contributed by atoms with Crippen molar-refractivity contribution in [3.05, 3.63) is 63.0 Å². The topological polar surface area (TPSA) is 88.1 Å². The Morgan fingerprint density at radius 1 is 1.12 bits per heavy atom. The van der Waals surface area contributed by atoms with Crippen LogP contribution in [0, 0.1) is 0 Å². The van der Waals surface area contributed by atoms with Gasteiger partial charge in [-0.3, -0.25) is 19.6 Å². The highest BCUT2D eigenvalue weighted by Crippen LogP contribution is 2.33. The number of carbonyl (C=O) groups is 2. The maximum Gasteiger partial charge on any atom is 0.416 e. The average molecular weight is 528 g/mol. The van der Waals surface area contributed by atoms with E-state index in [0.717, 1.165) is 23.5 Å². The van der Waals surface area contributed by atoms with E-state index in [1.54, 1.807) is 21.0 Å². The number of alkyl halides is 3. The zero-order valence-corrected chi connectivity index (χ0v) is 19.5. The van der Waals surface area contributed by atoms with Crippen LogP contribution < -0.4 is 5.32 Å². The Morgan fingerprint density at radius 2 is 1.81 bits per heavy atom. The van der Waals surface area contributed by atoms with E-state index >= 15 is 0 Å². The number of amides is 2. The minimum Gasteiger partial charge on any atom is -0.344 e. The summed E-state index contributed by atoms with van der Waals surface area (Å²) in [6.07, 6.45) is -0.271. The van der Waals surface area contributed by atoms with E-state index in [9.17, 15) is 22.8 Å². The van der Waals surface area contributed by atoms with Gasteiger partial charge >= 0.3 is 6.18 Å². The van der Waals surface area contributed by atoms with Crippen molar-refractivity contribution >= 4 is 39.1 Å². The fraction of sp³-hybridized carbons (Fsp3) is 0.250. The van der Waals surface area contributed by atoms with Crippen LogP contribution in [0.2, 0.25) is 0 Å². The first-order valence-electron chi connectivity index (χ1n) is 9.14. The van der Waals surface area contributed by atoms with Crippen LogP contribution in [0.3, 0.4) is 0 Å². The Labute approximate surface area is 193 Å². The molecule has 0 aliphatic rings. The van der Waals surface area contributed by atoms with Crippen LogP contribution in [0.4, 0.5) is 13.2 Å². The predicted molar refractivity (Wildman–Crippen MR) is 116 cm³/mol. The second-order valence-corrected chi connectivity index (χ2v) is 8.89. The maximum absolute atomic E-state index is 13.1. The summed E-state index contributed by atoms with van der Waals surface area (Å²) >= 11 is 4.14. The van der Waals surface area contributed by atoms with Gasteiger partial charge in [0.25, 0.3) is 11.8 Å². The molecule has 0 saturated heterocycles. The molecule has 1 N–H and O–H groups in total. The van der Waals surface area contributed by atoms with Crippen LogP contribution in [0.1, 0.15) is 44.3 Å². The van der Waals surface area contributed by atoms with Crippen molar-refractivity contribution in [2.75, 3.05) is 14.1 Å². The molecule has 0 aliphatic carbocycles. The van der Waals surface area contributed by atoms with Crippen molar-refractivity contribution in [1.29, 1.82) is 0 Å². The Hall–Kier alpha value is -2.86. The minimum atomic E-state index is -4.59. The molecule has 0 aliphatic heterocycles. The number of hydrogen-bond acceptors (Lipinski definition) is 6. The van der Waals surface area contributed by atoms with Crippen LogP contribution in [0.15, 0.2) is 41.3 Å². The quantitative estimate of drug-likeness (QED) is 0.524. The summed E-state index contributed by atoms with van der Waals surface area (Å²) in [5.74, 6) is -0.917. The van der Waals surface area contributed by atoms with Gasteiger partial charge in [0.05, 0.1) is 23.5 Å². The van der Waals surface area contributed by atoms with Crippen molar-refractivity contribution in [3.8, 4) is 10.7 Å². The number of carbonyl (C=O) groups excluding carboxylic acids is 2. The monoisotopic (exact) mass is 527 g/mol. The Kier molecular flexibility index (Phi) is 6.94. The van der Waals surface area contributed by atoms with Gasteiger partial charge in [-0.25, -0.2) is 4.98 Å². The van der Waals surface area contributed by atoms with Crippen molar-refractivity contribution < 1.29 is 22.8 Å². The summed E-state index contributed by atoms with van der Waals surface area (Å²) in [6, 6.07) is 2.28. The van der Waals surface area contributed by atoms with Crippen molar-refractivity contribution in [2.24, 2.45) is 0 Å². The maximum atomic E-state index is 13.1. The Bertz CT molecular complexity index is 1170. The molecule has 0 bridgehead atoms. The highest BCUT2D eigenvalue weighted by atomic mass is 79.9. The molecule has 168 valence electrons. The molecule has 12 heteroatoms. The smallest absolute Gasteiger partial charge is 0.344 e. The van der Waals surface area contributed by atoms with Gasteiger partial charge in [0.1, 0.15) is 15.6 Å². The molecule has 2 heterocycles. The van der Waals surface area contributed by atoms with Crippen LogP contribution in [0.5, 0.6) is 0 Å².